The van der Waals surface area contributed by atoms with Crippen LogP contribution in [0.15, 0.2) is 11.1 Å². The number of aromatic nitrogens is 2. The van der Waals surface area contributed by atoms with Crippen LogP contribution >= 0.6 is 12.4 Å². The molecular formula is C12H18ClF4N3O2S. The van der Waals surface area contributed by atoms with Gasteiger partial charge in [-0.3, -0.25) is 4.68 Å². The average molecular weight is 380 g/mol. The summed E-state index contributed by atoms with van der Waals surface area (Å²) in [5.41, 5.74) is -1.58. The van der Waals surface area contributed by atoms with Crippen molar-refractivity contribution in [3.8, 4) is 0 Å². The topological polar surface area (TPSA) is 64.0 Å². The van der Waals surface area contributed by atoms with E-state index < -0.39 is 37.5 Å². The molecule has 0 radical (unpaired) electrons. The number of hydrogen-bond acceptors (Lipinski definition) is 4. The van der Waals surface area contributed by atoms with Crippen LogP contribution < -0.4 is 5.32 Å². The molecule has 1 N–H and O–H groups in total. The second kappa shape index (κ2) is 6.56. The predicted octanol–water partition coefficient (Wildman–Crippen LogP) is 2.32. The Morgan fingerprint density at radius 2 is 1.78 bits per heavy atom. The average Bonchev–Trinajstić information content (AvgIpc) is 2.82. The number of hydrogen-bond donors (Lipinski definition) is 1. The van der Waals surface area contributed by atoms with Crippen LogP contribution in [0.3, 0.4) is 0 Å². The van der Waals surface area contributed by atoms with Crippen LogP contribution in [0.5, 0.6) is 0 Å². The molecule has 2 heterocycles. The highest BCUT2D eigenvalue weighted by Gasteiger charge is 2.52. The standard InChI is InChI=1S/C12H17F4N3O2S.ClH/c1-11(13,8-3-5-17-6-4-8)22(20,21)9-7-19(2)18-10(9)12(14,15)16;/h7-8,17H,3-6H2,1-2H3;1H. The minimum Gasteiger partial charge on any atom is -0.317 e. The van der Waals surface area contributed by atoms with Gasteiger partial charge < -0.3 is 5.32 Å². The second-order valence-electron chi connectivity index (χ2n) is 5.53. The zero-order valence-electron chi connectivity index (χ0n) is 12.5. The van der Waals surface area contributed by atoms with Crippen molar-refractivity contribution in [1.82, 2.24) is 15.1 Å². The first-order chi connectivity index (χ1) is 9.98. The highest BCUT2D eigenvalue weighted by molar-refractivity contribution is 7.92. The maximum absolute atomic E-state index is 15.0. The number of sulfone groups is 1. The second-order valence-corrected chi connectivity index (χ2v) is 7.77. The van der Waals surface area contributed by atoms with E-state index in [0.717, 1.165) is 18.7 Å². The first-order valence-electron chi connectivity index (χ1n) is 6.73. The Balaban J connectivity index is 0.00000264. The van der Waals surface area contributed by atoms with Gasteiger partial charge in [-0.1, -0.05) is 0 Å². The summed E-state index contributed by atoms with van der Waals surface area (Å²) in [5, 5.41) is 3.32. The van der Waals surface area contributed by atoms with E-state index in [9.17, 15) is 26.0 Å². The molecular weight excluding hydrogens is 362 g/mol. The van der Waals surface area contributed by atoms with Crippen LogP contribution in [0.2, 0.25) is 0 Å². The van der Waals surface area contributed by atoms with Crippen molar-refractivity contribution < 1.29 is 26.0 Å². The lowest BCUT2D eigenvalue weighted by molar-refractivity contribution is -0.143. The van der Waals surface area contributed by atoms with Crippen molar-refractivity contribution in [2.75, 3.05) is 13.1 Å². The SMILES string of the molecule is Cl.Cn1cc(S(=O)(=O)C(C)(F)C2CCNCC2)c(C(F)(F)F)n1. The third-order valence-corrected chi connectivity index (χ3v) is 6.21. The van der Waals surface area contributed by atoms with Crippen molar-refractivity contribution >= 4 is 22.2 Å². The van der Waals surface area contributed by atoms with Gasteiger partial charge in [0.15, 0.2) is 5.69 Å². The monoisotopic (exact) mass is 379 g/mol. The van der Waals surface area contributed by atoms with E-state index in [1.165, 1.54) is 0 Å². The Hall–Kier alpha value is -0.870. The molecule has 0 aliphatic carbocycles. The summed E-state index contributed by atoms with van der Waals surface area (Å²) < 4.78 is 79.5. The van der Waals surface area contributed by atoms with Gasteiger partial charge in [0, 0.05) is 19.2 Å². The largest absolute Gasteiger partial charge is 0.436 e. The minimum absolute atomic E-state index is 0. The molecule has 1 fully saturated rings. The van der Waals surface area contributed by atoms with Gasteiger partial charge in [0.05, 0.1) is 0 Å². The molecule has 1 aromatic heterocycles. The maximum Gasteiger partial charge on any atom is 0.436 e. The number of rotatable bonds is 3. The molecule has 134 valence electrons. The van der Waals surface area contributed by atoms with Gasteiger partial charge >= 0.3 is 6.18 Å². The first kappa shape index (κ1) is 20.2. The highest BCUT2D eigenvalue weighted by Crippen LogP contribution is 2.42. The molecule has 11 heteroatoms. The fourth-order valence-electron chi connectivity index (χ4n) is 2.63. The third-order valence-electron chi connectivity index (χ3n) is 3.95. The summed E-state index contributed by atoms with van der Waals surface area (Å²) in [5.74, 6) is -0.861. The van der Waals surface area contributed by atoms with Gasteiger partial charge in [0.2, 0.25) is 14.8 Å². The zero-order valence-corrected chi connectivity index (χ0v) is 14.2. The molecule has 23 heavy (non-hydrogen) atoms. The molecule has 1 saturated heterocycles. The van der Waals surface area contributed by atoms with E-state index in [1.807, 2.05) is 0 Å². The summed E-state index contributed by atoms with van der Waals surface area (Å²) in [6.07, 6.45) is -3.77. The number of alkyl halides is 4. The van der Waals surface area contributed by atoms with E-state index in [0.29, 0.717) is 19.3 Å². The Kier molecular flexibility index (Phi) is 5.75. The van der Waals surface area contributed by atoms with Crippen LogP contribution in [-0.4, -0.2) is 36.3 Å². The smallest absolute Gasteiger partial charge is 0.317 e. The quantitative estimate of drug-likeness (QED) is 0.819. The van der Waals surface area contributed by atoms with E-state index in [1.54, 1.807) is 0 Å². The van der Waals surface area contributed by atoms with Gasteiger partial charge in [0.1, 0.15) is 4.90 Å². The summed E-state index contributed by atoms with van der Waals surface area (Å²) in [4.78, 5) is -1.11. The zero-order chi connectivity index (χ0) is 16.8. The molecule has 2 rings (SSSR count). The van der Waals surface area contributed by atoms with Crippen LogP contribution in [0.25, 0.3) is 0 Å². The Morgan fingerprint density at radius 3 is 2.26 bits per heavy atom. The van der Waals surface area contributed by atoms with E-state index in [4.69, 9.17) is 0 Å². The van der Waals surface area contributed by atoms with Gasteiger partial charge in [0.25, 0.3) is 0 Å². The van der Waals surface area contributed by atoms with E-state index in [2.05, 4.69) is 10.4 Å². The third kappa shape index (κ3) is 3.63. The first-order valence-corrected chi connectivity index (χ1v) is 8.21. The summed E-state index contributed by atoms with van der Waals surface area (Å²) in [7, 11) is -3.67. The molecule has 5 nitrogen and oxygen atoms in total. The molecule has 1 aliphatic rings. The molecule has 1 atom stereocenters. The van der Waals surface area contributed by atoms with E-state index in [-0.39, 0.29) is 25.2 Å². The number of piperidine rings is 1. The Morgan fingerprint density at radius 1 is 1.26 bits per heavy atom. The molecule has 1 aromatic rings. The number of aryl methyl sites for hydroxylation is 1. The van der Waals surface area contributed by atoms with Crippen LogP contribution in [0, 0.1) is 5.92 Å². The molecule has 0 saturated carbocycles. The lowest BCUT2D eigenvalue weighted by atomic mass is 9.93. The van der Waals surface area contributed by atoms with Crippen molar-refractivity contribution in [3.63, 3.8) is 0 Å². The van der Waals surface area contributed by atoms with Gasteiger partial charge in [-0.05, 0) is 32.9 Å². The molecule has 0 bridgehead atoms. The molecule has 0 amide bonds. The van der Waals surface area contributed by atoms with Crippen LogP contribution in [0.1, 0.15) is 25.5 Å². The molecule has 0 spiro atoms. The number of nitrogens with zero attached hydrogens (tertiary/aromatic N) is 2. The molecule has 1 unspecified atom stereocenters. The molecule has 1 aliphatic heterocycles. The lowest BCUT2D eigenvalue weighted by Gasteiger charge is -2.33. The predicted molar refractivity (Wildman–Crippen MR) is 77.8 cm³/mol. The normalized spacial score (nSPS) is 19.9. The van der Waals surface area contributed by atoms with Gasteiger partial charge in [-0.25, -0.2) is 12.8 Å². The summed E-state index contributed by atoms with van der Waals surface area (Å²) in [6.45, 7) is 1.70. The van der Waals surface area contributed by atoms with Crippen molar-refractivity contribution in [3.05, 3.63) is 11.9 Å². The van der Waals surface area contributed by atoms with E-state index >= 15 is 0 Å². The van der Waals surface area contributed by atoms with Gasteiger partial charge in [-0.2, -0.15) is 18.3 Å². The Labute approximate surface area is 137 Å². The number of nitrogens with one attached hydrogen (secondary N) is 1. The van der Waals surface area contributed by atoms with Gasteiger partial charge in [-0.15, -0.1) is 12.4 Å². The van der Waals surface area contributed by atoms with Crippen LogP contribution in [0.4, 0.5) is 17.6 Å². The Bertz CT molecular complexity index is 652. The summed E-state index contributed by atoms with van der Waals surface area (Å²) >= 11 is 0. The fourth-order valence-corrected chi connectivity index (χ4v) is 4.44. The highest BCUT2D eigenvalue weighted by atomic mass is 35.5. The lowest BCUT2D eigenvalue weighted by Crippen LogP contribution is -2.44. The molecule has 0 aromatic carbocycles. The van der Waals surface area contributed by atoms with Crippen LogP contribution in [-0.2, 0) is 23.1 Å². The van der Waals surface area contributed by atoms with Crippen molar-refractivity contribution in [1.29, 1.82) is 0 Å². The number of halogens is 5. The maximum atomic E-state index is 15.0. The van der Waals surface area contributed by atoms with Crippen molar-refractivity contribution in [2.24, 2.45) is 13.0 Å². The van der Waals surface area contributed by atoms with Crippen molar-refractivity contribution in [2.45, 2.75) is 35.8 Å². The minimum atomic E-state index is -4.96. The summed E-state index contributed by atoms with van der Waals surface area (Å²) in [6, 6.07) is 0. The fraction of sp³-hybridized carbons (Fsp3) is 0.750.